The number of ketones is 1. The molecule has 2 aromatic heterocycles. The van der Waals surface area contributed by atoms with Crippen molar-refractivity contribution in [3.8, 4) is 0 Å². The van der Waals surface area contributed by atoms with Crippen LogP contribution in [0, 0.1) is 11.3 Å². The zero-order valence-electron chi connectivity index (χ0n) is 19.7. The lowest BCUT2D eigenvalue weighted by atomic mass is 9.84. The third-order valence-electron chi connectivity index (χ3n) is 6.34. The third-order valence-corrected chi connectivity index (χ3v) is 7.23. The molecule has 1 fully saturated rings. The van der Waals surface area contributed by atoms with Crippen LogP contribution in [0.15, 0.2) is 46.7 Å². The fourth-order valence-electron chi connectivity index (χ4n) is 4.50. The van der Waals surface area contributed by atoms with Crippen molar-refractivity contribution in [1.82, 2.24) is 4.57 Å². The van der Waals surface area contributed by atoms with Crippen molar-refractivity contribution in [2.75, 3.05) is 0 Å². The molecule has 31 heavy (non-hydrogen) atoms. The maximum absolute atomic E-state index is 13.0. The predicted molar refractivity (Wildman–Crippen MR) is 133 cm³/mol. The van der Waals surface area contributed by atoms with E-state index in [-0.39, 0.29) is 22.7 Å². The molecule has 0 N–H and O–H groups in total. The summed E-state index contributed by atoms with van der Waals surface area (Å²) in [5, 5.41) is 2.09. The Hall–Kier alpha value is -2.20. The second kappa shape index (κ2) is 9.12. The number of hydrogen-bond acceptors (Lipinski definition) is 3. The number of carbonyl (C=O) groups excluding carboxylic acids is 1. The summed E-state index contributed by atoms with van der Waals surface area (Å²) >= 11 is 1.71. The lowest BCUT2D eigenvalue weighted by molar-refractivity contribution is 0.0985. The topological polar surface area (TPSA) is 39.1 Å². The molecule has 1 saturated carbocycles. The first kappa shape index (κ1) is 23.5. The molecule has 0 spiro atoms. The molecule has 4 heteroatoms. The summed E-state index contributed by atoms with van der Waals surface area (Å²) in [6, 6.07) is 6.03. The van der Waals surface area contributed by atoms with Crippen LogP contribution in [0.2, 0.25) is 0 Å². The van der Waals surface area contributed by atoms with E-state index in [2.05, 4.69) is 63.3 Å². The van der Waals surface area contributed by atoms with Gasteiger partial charge in [-0.3, -0.25) is 9.59 Å². The number of Topliss-reactive ketones (excluding diaryl/α,β-unsaturated/α-hetero) is 1. The van der Waals surface area contributed by atoms with Crippen molar-refractivity contribution in [1.29, 1.82) is 0 Å². The summed E-state index contributed by atoms with van der Waals surface area (Å²) in [4.78, 5) is 26.7. The van der Waals surface area contributed by atoms with Gasteiger partial charge in [-0.1, -0.05) is 47.3 Å². The first-order valence-electron chi connectivity index (χ1n) is 11.3. The summed E-state index contributed by atoms with van der Waals surface area (Å²) < 4.78 is 2.19. The molecule has 0 unspecified atom stereocenters. The number of aromatic nitrogens is 1. The molecule has 0 amide bonds. The lowest BCUT2D eigenvalue weighted by Crippen LogP contribution is -2.29. The molecule has 166 valence electrons. The quantitative estimate of drug-likeness (QED) is 0.319. The van der Waals surface area contributed by atoms with Crippen molar-refractivity contribution < 1.29 is 4.79 Å². The lowest BCUT2D eigenvalue weighted by Gasteiger charge is -2.35. The Morgan fingerprint density at radius 1 is 1.29 bits per heavy atom. The van der Waals surface area contributed by atoms with Crippen molar-refractivity contribution in [2.24, 2.45) is 11.3 Å². The summed E-state index contributed by atoms with van der Waals surface area (Å²) in [6.45, 7) is 17.2. The van der Waals surface area contributed by atoms with Crippen molar-refractivity contribution in [3.05, 3.63) is 68.3 Å². The number of carbonyl (C=O) groups is 1. The fraction of sp³-hybridized carbons (Fsp3) is 0.481. The van der Waals surface area contributed by atoms with Crippen LogP contribution >= 0.6 is 11.3 Å². The highest BCUT2D eigenvalue weighted by Gasteiger charge is 2.31. The Balaban J connectivity index is 2.33. The monoisotopic (exact) mass is 437 g/mol. The molecule has 0 aromatic carbocycles. The Morgan fingerprint density at radius 3 is 2.45 bits per heavy atom. The number of allylic oxidation sites excluding steroid dienone is 3. The van der Waals surface area contributed by atoms with E-state index in [0.29, 0.717) is 17.9 Å². The van der Waals surface area contributed by atoms with Crippen LogP contribution in [0.3, 0.4) is 0 Å². The first-order chi connectivity index (χ1) is 14.6. The molecule has 2 aromatic rings. The molecule has 0 aliphatic heterocycles. The van der Waals surface area contributed by atoms with Crippen molar-refractivity contribution in [3.63, 3.8) is 0 Å². The van der Waals surface area contributed by atoms with Gasteiger partial charge in [0, 0.05) is 35.3 Å². The minimum Gasteiger partial charge on any atom is -0.343 e. The number of rotatable bonds is 8. The van der Waals surface area contributed by atoms with E-state index < -0.39 is 0 Å². The van der Waals surface area contributed by atoms with Gasteiger partial charge in [0.25, 0.3) is 0 Å². The fourth-order valence-corrected chi connectivity index (χ4v) is 5.37. The van der Waals surface area contributed by atoms with Gasteiger partial charge < -0.3 is 4.57 Å². The van der Waals surface area contributed by atoms with Gasteiger partial charge in [0.05, 0.1) is 5.56 Å². The van der Waals surface area contributed by atoms with Crippen molar-refractivity contribution in [2.45, 2.75) is 73.3 Å². The summed E-state index contributed by atoms with van der Waals surface area (Å²) in [7, 11) is 0. The zero-order chi connectivity index (χ0) is 22.9. The molecule has 1 aliphatic carbocycles. The SMILES string of the molecule is C=C(/C(=C(\C)c1cc(=O)c(C(=O)CC)cn1[C@@H](CC)C(C)(C)C)c1cccs1)C1CC1. The van der Waals surface area contributed by atoms with Gasteiger partial charge in [0.15, 0.2) is 11.2 Å². The molecule has 1 atom stereocenters. The van der Waals surface area contributed by atoms with Gasteiger partial charge in [-0.25, -0.2) is 0 Å². The molecule has 0 bridgehead atoms. The summed E-state index contributed by atoms with van der Waals surface area (Å²) in [5.41, 5.74) is 4.35. The van der Waals surface area contributed by atoms with Gasteiger partial charge in [-0.05, 0) is 65.7 Å². The smallest absolute Gasteiger partial charge is 0.192 e. The van der Waals surface area contributed by atoms with E-state index in [1.165, 1.54) is 17.7 Å². The maximum atomic E-state index is 13.0. The maximum Gasteiger partial charge on any atom is 0.192 e. The molecule has 0 saturated heterocycles. The highest BCUT2D eigenvalue weighted by Crippen LogP contribution is 2.46. The van der Waals surface area contributed by atoms with Crippen LogP contribution in [0.1, 0.15) is 94.2 Å². The highest BCUT2D eigenvalue weighted by molar-refractivity contribution is 7.11. The third kappa shape index (κ3) is 4.85. The minimum atomic E-state index is -0.191. The molecule has 3 rings (SSSR count). The Kier molecular flexibility index (Phi) is 6.90. The van der Waals surface area contributed by atoms with Crippen LogP contribution < -0.4 is 5.43 Å². The van der Waals surface area contributed by atoms with E-state index >= 15 is 0 Å². The van der Waals surface area contributed by atoms with Crippen LogP contribution in [0.5, 0.6) is 0 Å². The summed E-state index contributed by atoms with van der Waals surface area (Å²) in [5.74, 6) is 0.425. The van der Waals surface area contributed by atoms with Crippen LogP contribution in [0.4, 0.5) is 0 Å². The van der Waals surface area contributed by atoms with E-state index in [1.54, 1.807) is 24.3 Å². The molecule has 3 nitrogen and oxygen atoms in total. The van der Waals surface area contributed by atoms with E-state index in [0.717, 1.165) is 28.8 Å². The standard InChI is InChI=1S/C27H35NO2S/c1-8-22(29)20-16-28(25(9-2)27(5,6)7)21(15-23(20)30)18(4)26(17(3)19-12-13-19)24-11-10-14-31-24/h10-11,14-16,19,25H,3,8-9,12-13H2,1-2,4-7H3/b26-18-/t25-/m0/s1. The number of thiophene rings is 1. The van der Waals surface area contributed by atoms with Gasteiger partial charge >= 0.3 is 0 Å². The Bertz CT molecular complexity index is 1060. The van der Waals surface area contributed by atoms with Gasteiger partial charge in [-0.2, -0.15) is 0 Å². The Labute approximate surface area is 190 Å². The molecular weight excluding hydrogens is 402 g/mol. The second-order valence-corrected chi connectivity index (χ2v) is 10.6. The van der Waals surface area contributed by atoms with E-state index in [9.17, 15) is 9.59 Å². The van der Waals surface area contributed by atoms with E-state index in [4.69, 9.17) is 0 Å². The minimum absolute atomic E-state index is 0.0258. The van der Waals surface area contributed by atoms with Gasteiger partial charge in [0.2, 0.25) is 0 Å². The first-order valence-corrected chi connectivity index (χ1v) is 12.2. The zero-order valence-corrected chi connectivity index (χ0v) is 20.6. The number of hydrogen-bond donors (Lipinski definition) is 0. The predicted octanol–water partition coefficient (Wildman–Crippen LogP) is 7.40. The molecule has 2 heterocycles. The molecular formula is C27H35NO2S. The Morgan fingerprint density at radius 2 is 1.97 bits per heavy atom. The van der Waals surface area contributed by atoms with E-state index in [1.807, 2.05) is 6.20 Å². The van der Waals surface area contributed by atoms with Gasteiger partial charge in [0.1, 0.15) is 0 Å². The van der Waals surface area contributed by atoms with Gasteiger partial charge in [-0.15, -0.1) is 11.3 Å². The second-order valence-electron chi connectivity index (χ2n) is 9.69. The summed E-state index contributed by atoms with van der Waals surface area (Å²) in [6.07, 6.45) is 5.41. The van der Waals surface area contributed by atoms with Crippen LogP contribution in [-0.2, 0) is 0 Å². The highest BCUT2D eigenvalue weighted by atomic mass is 32.1. The largest absolute Gasteiger partial charge is 0.343 e. The van der Waals surface area contributed by atoms with Crippen LogP contribution in [-0.4, -0.2) is 10.4 Å². The van der Waals surface area contributed by atoms with Crippen molar-refractivity contribution >= 4 is 28.3 Å². The average Bonchev–Trinajstić information content (AvgIpc) is 3.43. The number of pyridine rings is 1. The molecule has 0 radical (unpaired) electrons. The van der Waals surface area contributed by atoms with Crippen LogP contribution in [0.25, 0.3) is 11.1 Å². The number of nitrogens with zero attached hydrogens (tertiary/aromatic N) is 1. The normalized spacial score (nSPS) is 16.1. The molecule has 1 aliphatic rings. The average molecular weight is 438 g/mol.